The van der Waals surface area contributed by atoms with E-state index in [0.29, 0.717) is 12.6 Å². The van der Waals surface area contributed by atoms with Gasteiger partial charge in [-0.2, -0.15) is 0 Å². The van der Waals surface area contributed by atoms with Crippen LogP contribution in [0.5, 0.6) is 0 Å². The maximum atomic E-state index is 11.4. The van der Waals surface area contributed by atoms with Crippen molar-refractivity contribution < 1.29 is 9.53 Å². The topological polar surface area (TPSA) is 38.3 Å². The van der Waals surface area contributed by atoms with Crippen molar-refractivity contribution in [3.05, 3.63) is 24.3 Å². The summed E-state index contributed by atoms with van der Waals surface area (Å²) in [4.78, 5) is 11.4. The fourth-order valence-electron chi connectivity index (χ4n) is 1.93. The van der Waals surface area contributed by atoms with E-state index in [2.05, 4.69) is 18.3 Å². The van der Waals surface area contributed by atoms with Gasteiger partial charge in [0.1, 0.15) is 0 Å². The first-order chi connectivity index (χ1) is 8.83. The highest BCUT2D eigenvalue weighted by Crippen LogP contribution is 2.14. The Hall–Kier alpha value is -1.09. The Kier molecular flexibility index (Phi) is 8.23. The molecule has 1 saturated heterocycles. The lowest BCUT2D eigenvalue weighted by Gasteiger charge is -2.08. The molecule has 1 unspecified atom stereocenters. The molecule has 1 aliphatic rings. The van der Waals surface area contributed by atoms with E-state index < -0.39 is 0 Å². The van der Waals surface area contributed by atoms with Crippen LogP contribution in [0, 0.1) is 0 Å². The Morgan fingerprint density at radius 1 is 1.44 bits per heavy atom. The number of allylic oxidation sites excluding steroid dienone is 3. The fourth-order valence-corrected chi connectivity index (χ4v) is 1.93. The highest BCUT2D eigenvalue weighted by molar-refractivity contribution is 5.87. The van der Waals surface area contributed by atoms with E-state index in [9.17, 15) is 4.79 Å². The van der Waals surface area contributed by atoms with E-state index in [1.807, 2.05) is 6.08 Å². The van der Waals surface area contributed by atoms with Crippen LogP contribution in [0.15, 0.2) is 24.3 Å². The zero-order chi connectivity index (χ0) is 13.1. The molecule has 0 aromatic carbocycles. The van der Waals surface area contributed by atoms with Gasteiger partial charge in [0, 0.05) is 19.2 Å². The van der Waals surface area contributed by atoms with E-state index in [0.717, 1.165) is 32.3 Å². The normalized spacial score (nSPS) is 19.9. The molecule has 1 rings (SSSR count). The number of ether oxygens (including phenoxy) is 1. The van der Waals surface area contributed by atoms with Gasteiger partial charge in [0.05, 0.1) is 6.10 Å². The second kappa shape index (κ2) is 9.89. The van der Waals surface area contributed by atoms with E-state index in [4.69, 9.17) is 4.74 Å². The summed E-state index contributed by atoms with van der Waals surface area (Å²) in [5.41, 5.74) is 0. The number of hydrogen-bond donors (Lipinski definition) is 1. The summed E-state index contributed by atoms with van der Waals surface area (Å²) in [5, 5.41) is 2.87. The molecule has 0 saturated carbocycles. The zero-order valence-corrected chi connectivity index (χ0v) is 11.4. The zero-order valence-electron chi connectivity index (χ0n) is 11.4. The second-order valence-electron chi connectivity index (χ2n) is 4.64. The van der Waals surface area contributed by atoms with Crippen LogP contribution in [-0.4, -0.2) is 25.2 Å². The average molecular weight is 251 g/mol. The van der Waals surface area contributed by atoms with Gasteiger partial charge in [0.25, 0.3) is 0 Å². The lowest BCUT2D eigenvalue weighted by atomic mass is 10.2. The van der Waals surface area contributed by atoms with E-state index in [1.54, 1.807) is 12.2 Å². The third-order valence-corrected chi connectivity index (χ3v) is 3.01. The molecule has 1 aliphatic heterocycles. The molecule has 1 amide bonds. The lowest BCUT2D eigenvalue weighted by molar-refractivity contribution is -0.116. The molecule has 0 spiro atoms. The molecule has 18 heavy (non-hydrogen) atoms. The Morgan fingerprint density at radius 2 is 2.33 bits per heavy atom. The van der Waals surface area contributed by atoms with Crippen LogP contribution in [-0.2, 0) is 9.53 Å². The number of nitrogens with one attached hydrogen (secondary N) is 1. The summed E-state index contributed by atoms with van der Waals surface area (Å²) in [6.45, 7) is 3.75. The van der Waals surface area contributed by atoms with Gasteiger partial charge in [-0.05, 0) is 25.7 Å². The maximum Gasteiger partial charge on any atom is 0.243 e. The smallest absolute Gasteiger partial charge is 0.243 e. The number of unbranched alkanes of at least 4 members (excludes halogenated alkanes) is 2. The van der Waals surface area contributed by atoms with Crippen molar-refractivity contribution >= 4 is 5.91 Å². The van der Waals surface area contributed by atoms with E-state index in [-0.39, 0.29) is 5.91 Å². The Bertz CT molecular complexity index is 278. The number of carbonyl (C=O) groups excluding carboxylic acids is 1. The van der Waals surface area contributed by atoms with Crippen molar-refractivity contribution in [3.8, 4) is 0 Å². The van der Waals surface area contributed by atoms with Crippen LogP contribution >= 0.6 is 0 Å². The van der Waals surface area contributed by atoms with Gasteiger partial charge in [0.15, 0.2) is 0 Å². The monoisotopic (exact) mass is 251 g/mol. The highest BCUT2D eigenvalue weighted by Gasteiger charge is 2.14. The molecular formula is C15H25NO2. The molecular weight excluding hydrogens is 226 g/mol. The number of hydrogen-bond acceptors (Lipinski definition) is 2. The van der Waals surface area contributed by atoms with Crippen LogP contribution in [0.1, 0.15) is 45.4 Å². The summed E-state index contributed by atoms with van der Waals surface area (Å²) in [5.74, 6) is -0.0202. The number of amides is 1. The molecule has 1 fully saturated rings. The van der Waals surface area contributed by atoms with Gasteiger partial charge in [-0.15, -0.1) is 0 Å². The maximum absolute atomic E-state index is 11.4. The molecule has 1 heterocycles. The molecule has 0 aromatic rings. The summed E-state index contributed by atoms with van der Waals surface area (Å²) < 4.78 is 5.49. The largest absolute Gasteiger partial charge is 0.378 e. The molecule has 1 atom stereocenters. The molecule has 0 radical (unpaired) electrons. The molecule has 0 aromatic heterocycles. The molecule has 0 aliphatic carbocycles. The van der Waals surface area contributed by atoms with Gasteiger partial charge >= 0.3 is 0 Å². The first-order valence-electron chi connectivity index (χ1n) is 7.05. The summed E-state index contributed by atoms with van der Waals surface area (Å²) >= 11 is 0. The molecule has 1 N–H and O–H groups in total. The molecule has 3 heteroatoms. The van der Waals surface area contributed by atoms with Crippen LogP contribution in [0.25, 0.3) is 0 Å². The standard InChI is InChI=1S/C15H25NO2/c1-2-3-4-5-6-7-10-15(17)16-12-11-14-9-8-13-18-14/h5-7,10,14H,2-4,8-9,11-13H2,1H3,(H,16,17). The van der Waals surface area contributed by atoms with Crippen LogP contribution in [0.2, 0.25) is 0 Å². The summed E-state index contributed by atoms with van der Waals surface area (Å²) in [6, 6.07) is 0. The highest BCUT2D eigenvalue weighted by atomic mass is 16.5. The lowest BCUT2D eigenvalue weighted by Crippen LogP contribution is -2.25. The number of rotatable bonds is 8. The quantitative estimate of drug-likeness (QED) is 0.409. The van der Waals surface area contributed by atoms with Crippen LogP contribution in [0.3, 0.4) is 0 Å². The molecule has 3 nitrogen and oxygen atoms in total. The van der Waals surface area contributed by atoms with Crippen molar-refractivity contribution in [3.63, 3.8) is 0 Å². The Morgan fingerprint density at radius 3 is 3.06 bits per heavy atom. The van der Waals surface area contributed by atoms with Crippen molar-refractivity contribution in [2.45, 2.75) is 51.6 Å². The predicted molar refractivity (Wildman–Crippen MR) is 74.4 cm³/mol. The van der Waals surface area contributed by atoms with E-state index >= 15 is 0 Å². The van der Waals surface area contributed by atoms with Gasteiger partial charge in [-0.1, -0.05) is 38.0 Å². The van der Waals surface area contributed by atoms with E-state index in [1.165, 1.54) is 12.8 Å². The summed E-state index contributed by atoms with van der Waals surface area (Å²) in [7, 11) is 0. The minimum absolute atomic E-state index is 0.0202. The van der Waals surface area contributed by atoms with Crippen molar-refractivity contribution in [2.75, 3.05) is 13.2 Å². The SMILES string of the molecule is CCCCC=CC=CC(=O)NCCC1CCCO1. The third kappa shape index (κ3) is 7.28. The minimum Gasteiger partial charge on any atom is -0.378 e. The first-order valence-corrected chi connectivity index (χ1v) is 7.05. The Balaban J connectivity index is 2.01. The van der Waals surface area contributed by atoms with Crippen molar-refractivity contribution in [2.24, 2.45) is 0 Å². The van der Waals surface area contributed by atoms with Crippen molar-refractivity contribution in [1.29, 1.82) is 0 Å². The molecule has 0 bridgehead atoms. The fraction of sp³-hybridized carbons (Fsp3) is 0.667. The van der Waals surface area contributed by atoms with Gasteiger partial charge in [0.2, 0.25) is 5.91 Å². The molecule has 102 valence electrons. The van der Waals surface area contributed by atoms with Gasteiger partial charge in [-0.3, -0.25) is 4.79 Å². The van der Waals surface area contributed by atoms with Crippen LogP contribution < -0.4 is 5.32 Å². The van der Waals surface area contributed by atoms with Gasteiger partial charge < -0.3 is 10.1 Å². The van der Waals surface area contributed by atoms with Crippen LogP contribution in [0.4, 0.5) is 0 Å². The van der Waals surface area contributed by atoms with Crippen molar-refractivity contribution in [1.82, 2.24) is 5.32 Å². The Labute approximate surface area is 110 Å². The first kappa shape index (κ1) is 15.0. The second-order valence-corrected chi connectivity index (χ2v) is 4.64. The minimum atomic E-state index is -0.0202. The average Bonchev–Trinajstić information content (AvgIpc) is 2.87. The number of carbonyl (C=O) groups is 1. The summed E-state index contributed by atoms with van der Waals surface area (Å²) in [6.07, 6.45) is 14.5. The van der Waals surface area contributed by atoms with Gasteiger partial charge in [-0.25, -0.2) is 0 Å². The third-order valence-electron chi connectivity index (χ3n) is 3.01. The predicted octanol–water partition coefficient (Wildman–Crippen LogP) is 2.97.